The normalized spacial score (nSPS) is 10.6. The van der Waals surface area contributed by atoms with Crippen molar-refractivity contribution in [3.63, 3.8) is 0 Å². The lowest BCUT2D eigenvalue weighted by atomic mass is 10.1. The van der Waals surface area contributed by atoms with Crippen LogP contribution < -0.4 is 5.32 Å². The second-order valence-electron chi connectivity index (χ2n) is 3.72. The third-order valence-electron chi connectivity index (χ3n) is 2.36. The molecule has 0 aliphatic rings. The number of rotatable bonds is 5. The van der Waals surface area contributed by atoms with Crippen molar-refractivity contribution < 1.29 is 4.79 Å². The molecule has 0 aliphatic heterocycles. The van der Waals surface area contributed by atoms with E-state index in [4.69, 9.17) is 0 Å². The second kappa shape index (κ2) is 6.83. The molecular formula is C14H19NO. The zero-order valence-corrected chi connectivity index (χ0v) is 9.99. The Morgan fingerprint density at radius 1 is 1.25 bits per heavy atom. The molecule has 2 nitrogen and oxygen atoms in total. The van der Waals surface area contributed by atoms with Crippen LogP contribution in [-0.2, 0) is 11.2 Å². The molecule has 0 atom stereocenters. The van der Waals surface area contributed by atoms with E-state index >= 15 is 0 Å². The van der Waals surface area contributed by atoms with Gasteiger partial charge in [-0.3, -0.25) is 4.79 Å². The molecule has 0 fully saturated rings. The van der Waals surface area contributed by atoms with E-state index in [1.807, 2.05) is 25.1 Å². The lowest BCUT2D eigenvalue weighted by Crippen LogP contribution is -2.21. The first-order valence-corrected chi connectivity index (χ1v) is 5.81. The smallest absolute Gasteiger partial charge is 0.243 e. The number of hydrogen-bond donors (Lipinski definition) is 1. The van der Waals surface area contributed by atoms with Gasteiger partial charge in [-0.15, -0.1) is 0 Å². The Hall–Kier alpha value is -1.57. The van der Waals surface area contributed by atoms with Crippen molar-refractivity contribution in [1.29, 1.82) is 0 Å². The van der Waals surface area contributed by atoms with Crippen molar-refractivity contribution in [1.82, 2.24) is 5.32 Å². The molecule has 0 aliphatic carbocycles. The fraction of sp³-hybridized carbons (Fsp3) is 0.357. The average Bonchev–Trinajstić information content (AvgIpc) is 2.34. The number of hydrogen-bond acceptors (Lipinski definition) is 1. The maximum atomic E-state index is 11.3. The Kier molecular flexibility index (Phi) is 5.34. The summed E-state index contributed by atoms with van der Waals surface area (Å²) in [6, 6.07) is 8.23. The third kappa shape index (κ3) is 4.30. The fourth-order valence-electron chi connectivity index (χ4n) is 1.34. The number of aryl methyl sites for hydroxylation is 1. The van der Waals surface area contributed by atoms with E-state index in [1.165, 1.54) is 5.56 Å². The molecule has 0 heterocycles. The average molecular weight is 217 g/mol. The van der Waals surface area contributed by atoms with Gasteiger partial charge in [0.15, 0.2) is 0 Å². The Bertz CT molecular complexity index is 352. The number of carbonyl (C=O) groups is 1. The van der Waals surface area contributed by atoms with Gasteiger partial charge in [-0.25, -0.2) is 0 Å². The van der Waals surface area contributed by atoms with Crippen molar-refractivity contribution in [2.45, 2.75) is 26.7 Å². The monoisotopic (exact) mass is 217 g/mol. The Labute approximate surface area is 97.4 Å². The van der Waals surface area contributed by atoms with Crippen LogP contribution in [0.2, 0.25) is 0 Å². The summed E-state index contributed by atoms with van der Waals surface area (Å²) in [6.45, 7) is 4.90. The number of nitrogens with one attached hydrogen (secondary N) is 1. The third-order valence-corrected chi connectivity index (χ3v) is 2.36. The summed E-state index contributed by atoms with van der Waals surface area (Å²) in [6.07, 6.45) is 5.42. The highest BCUT2D eigenvalue weighted by atomic mass is 16.1. The van der Waals surface area contributed by atoms with Gasteiger partial charge in [-0.2, -0.15) is 0 Å². The Morgan fingerprint density at radius 2 is 1.94 bits per heavy atom. The summed E-state index contributed by atoms with van der Waals surface area (Å²) in [7, 11) is 0. The van der Waals surface area contributed by atoms with Crippen LogP contribution in [-0.4, -0.2) is 12.5 Å². The summed E-state index contributed by atoms with van der Waals surface area (Å²) < 4.78 is 0. The fourth-order valence-corrected chi connectivity index (χ4v) is 1.34. The maximum Gasteiger partial charge on any atom is 0.243 e. The predicted molar refractivity (Wildman–Crippen MR) is 68.2 cm³/mol. The largest absolute Gasteiger partial charge is 0.353 e. The molecule has 0 saturated heterocycles. The molecule has 0 unspecified atom stereocenters. The van der Waals surface area contributed by atoms with Gasteiger partial charge < -0.3 is 5.32 Å². The van der Waals surface area contributed by atoms with E-state index < -0.39 is 0 Å². The first kappa shape index (κ1) is 12.5. The van der Waals surface area contributed by atoms with Crippen LogP contribution in [0, 0.1) is 0 Å². The van der Waals surface area contributed by atoms with Crippen molar-refractivity contribution in [2.75, 3.05) is 6.54 Å². The van der Waals surface area contributed by atoms with Crippen molar-refractivity contribution in [2.24, 2.45) is 0 Å². The molecule has 0 aromatic heterocycles. The summed E-state index contributed by atoms with van der Waals surface area (Å²) in [5, 5.41) is 2.80. The molecule has 0 radical (unpaired) electrons. The first-order valence-electron chi connectivity index (χ1n) is 5.81. The Morgan fingerprint density at radius 3 is 2.50 bits per heavy atom. The minimum Gasteiger partial charge on any atom is -0.353 e. The molecule has 16 heavy (non-hydrogen) atoms. The zero-order chi connectivity index (χ0) is 11.8. The first-order chi connectivity index (χ1) is 7.76. The van der Waals surface area contributed by atoms with Crippen molar-refractivity contribution in [3.8, 4) is 0 Å². The van der Waals surface area contributed by atoms with Crippen LogP contribution >= 0.6 is 0 Å². The highest BCUT2D eigenvalue weighted by Gasteiger charge is 1.93. The molecule has 1 amide bonds. The van der Waals surface area contributed by atoms with E-state index in [0.717, 1.165) is 24.9 Å². The highest BCUT2D eigenvalue weighted by Crippen LogP contribution is 2.06. The summed E-state index contributed by atoms with van der Waals surface area (Å²) in [4.78, 5) is 11.3. The molecular weight excluding hydrogens is 198 g/mol. The maximum absolute atomic E-state index is 11.3. The van der Waals surface area contributed by atoms with Gasteiger partial charge in [0.1, 0.15) is 0 Å². The Balaban J connectivity index is 2.52. The number of benzene rings is 1. The van der Waals surface area contributed by atoms with Gasteiger partial charge in [0, 0.05) is 12.6 Å². The van der Waals surface area contributed by atoms with E-state index in [1.54, 1.807) is 6.08 Å². The van der Waals surface area contributed by atoms with Gasteiger partial charge >= 0.3 is 0 Å². The molecule has 86 valence electrons. The van der Waals surface area contributed by atoms with Crippen LogP contribution in [0.15, 0.2) is 30.3 Å². The SMILES string of the molecule is CCCNC(=O)C=Cc1ccc(CC)cc1. The van der Waals surface area contributed by atoms with Crippen LogP contribution in [0.3, 0.4) is 0 Å². The standard InChI is InChI=1S/C14H19NO/c1-3-11-15-14(16)10-9-13-7-5-12(4-2)6-8-13/h5-10H,3-4,11H2,1-2H3,(H,15,16). The van der Waals surface area contributed by atoms with Gasteiger partial charge in [-0.05, 0) is 30.0 Å². The molecule has 1 aromatic carbocycles. The molecule has 2 heteroatoms. The number of carbonyl (C=O) groups excluding carboxylic acids is 1. The van der Waals surface area contributed by atoms with E-state index in [0.29, 0.717) is 0 Å². The lowest BCUT2D eigenvalue weighted by Gasteiger charge is -1.99. The summed E-state index contributed by atoms with van der Waals surface area (Å²) in [5.41, 5.74) is 2.37. The number of amides is 1. The highest BCUT2D eigenvalue weighted by molar-refractivity contribution is 5.91. The van der Waals surface area contributed by atoms with Crippen LogP contribution in [0.4, 0.5) is 0 Å². The van der Waals surface area contributed by atoms with Gasteiger partial charge in [0.2, 0.25) is 5.91 Å². The predicted octanol–water partition coefficient (Wildman–Crippen LogP) is 2.79. The van der Waals surface area contributed by atoms with Gasteiger partial charge in [0.25, 0.3) is 0 Å². The second-order valence-corrected chi connectivity index (χ2v) is 3.72. The van der Waals surface area contributed by atoms with Crippen LogP contribution in [0.25, 0.3) is 6.08 Å². The lowest BCUT2D eigenvalue weighted by molar-refractivity contribution is -0.116. The topological polar surface area (TPSA) is 29.1 Å². The molecule has 1 aromatic rings. The van der Waals surface area contributed by atoms with Crippen LogP contribution in [0.1, 0.15) is 31.4 Å². The van der Waals surface area contributed by atoms with E-state index in [2.05, 4.69) is 24.4 Å². The summed E-state index contributed by atoms with van der Waals surface area (Å²) in [5.74, 6) is -0.0265. The van der Waals surface area contributed by atoms with Gasteiger partial charge in [0.05, 0.1) is 0 Å². The van der Waals surface area contributed by atoms with Gasteiger partial charge in [-0.1, -0.05) is 38.1 Å². The van der Waals surface area contributed by atoms with Crippen LogP contribution in [0.5, 0.6) is 0 Å². The summed E-state index contributed by atoms with van der Waals surface area (Å²) >= 11 is 0. The molecule has 1 rings (SSSR count). The quantitative estimate of drug-likeness (QED) is 0.755. The molecule has 0 bridgehead atoms. The van der Waals surface area contributed by atoms with Crippen molar-refractivity contribution >= 4 is 12.0 Å². The molecule has 1 N–H and O–H groups in total. The molecule has 0 spiro atoms. The van der Waals surface area contributed by atoms with E-state index in [9.17, 15) is 4.79 Å². The molecule has 0 saturated carbocycles. The zero-order valence-electron chi connectivity index (χ0n) is 9.99. The minimum absolute atomic E-state index is 0.0265. The van der Waals surface area contributed by atoms with Crippen molar-refractivity contribution in [3.05, 3.63) is 41.5 Å². The van der Waals surface area contributed by atoms with E-state index in [-0.39, 0.29) is 5.91 Å². The minimum atomic E-state index is -0.0265.